The van der Waals surface area contributed by atoms with Crippen LogP contribution in [0.2, 0.25) is 0 Å². The molecule has 2 N–H and O–H groups in total. The van der Waals surface area contributed by atoms with E-state index in [1.807, 2.05) is 13.8 Å². The second-order valence-electron chi connectivity index (χ2n) is 6.25. The molecule has 0 aliphatic heterocycles. The molecule has 1 aromatic heterocycles. The number of H-pyrrole nitrogens is 1. The molecule has 3 heteroatoms. The molecule has 0 saturated carbocycles. The number of aryl methyl sites for hydroxylation is 2. The van der Waals surface area contributed by atoms with Crippen molar-refractivity contribution in [2.45, 2.75) is 46.1 Å². The molecule has 110 valence electrons. The average Bonchev–Trinajstić information content (AvgIpc) is 2.77. The van der Waals surface area contributed by atoms with Crippen LogP contribution in [0.1, 0.15) is 37.1 Å². The fourth-order valence-electron chi connectivity index (χ4n) is 3.22. The largest absolute Gasteiger partial charge is 0.358 e. The summed E-state index contributed by atoms with van der Waals surface area (Å²) in [5, 5.41) is 4.44. The molecule has 2 aromatic rings. The van der Waals surface area contributed by atoms with Gasteiger partial charge in [0.1, 0.15) is 0 Å². The van der Waals surface area contributed by atoms with Crippen LogP contribution in [0.3, 0.4) is 0 Å². The lowest BCUT2D eigenvalue weighted by atomic mass is 9.91. The van der Waals surface area contributed by atoms with Crippen molar-refractivity contribution in [2.75, 3.05) is 0 Å². The van der Waals surface area contributed by atoms with E-state index in [-0.39, 0.29) is 11.9 Å². The summed E-state index contributed by atoms with van der Waals surface area (Å²) >= 11 is 0. The topological polar surface area (TPSA) is 44.9 Å². The summed E-state index contributed by atoms with van der Waals surface area (Å²) in [6.07, 6.45) is 4.60. The van der Waals surface area contributed by atoms with Crippen molar-refractivity contribution in [1.29, 1.82) is 0 Å². The molecule has 1 aromatic carbocycles. The Bertz CT molecular complexity index is 720. The lowest BCUT2D eigenvalue weighted by molar-refractivity contribution is -0.117. The maximum Gasteiger partial charge on any atom is 0.244 e. The number of fused-ring (bicyclic) bond motifs is 3. The van der Waals surface area contributed by atoms with Gasteiger partial charge in [-0.25, -0.2) is 0 Å². The molecule has 1 atom stereocenters. The molecular weight excluding hydrogens is 260 g/mol. The van der Waals surface area contributed by atoms with Crippen LogP contribution < -0.4 is 5.32 Å². The van der Waals surface area contributed by atoms with Crippen LogP contribution >= 0.6 is 0 Å². The van der Waals surface area contributed by atoms with E-state index in [9.17, 15) is 4.79 Å². The third-order valence-corrected chi connectivity index (χ3v) is 4.20. The first-order valence-corrected chi connectivity index (χ1v) is 7.59. The molecule has 0 saturated heterocycles. The van der Waals surface area contributed by atoms with Gasteiger partial charge in [0.05, 0.1) is 0 Å². The van der Waals surface area contributed by atoms with Crippen molar-refractivity contribution in [3.8, 4) is 0 Å². The molecular formula is C18H22N2O. The van der Waals surface area contributed by atoms with Crippen molar-refractivity contribution in [3.63, 3.8) is 0 Å². The van der Waals surface area contributed by atoms with E-state index in [0.29, 0.717) is 0 Å². The third-order valence-electron chi connectivity index (χ3n) is 4.20. The standard InChI is InChI=1S/C18H22N2O/c1-11(2)9-17(21)19-13-7-8-16-15(10-13)14-6-4-5-12(3)18(14)20-16/h4-6,9,13,20H,7-8,10H2,1-3H3,(H,19,21)/t13-/m0/s1. The lowest BCUT2D eigenvalue weighted by Gasteiger charge is -2.23. The zero-order valence-electron chi connectivity index (χ0n) is 12.9. The van der Waals surface area contributed by atoms with Crippen molar-refractivity contribution in [3.05, 3.63) is 46.7 Å². The average molecular weight is 282 g/mol. The van der Waals surface area contributed by atoms with Gasteiger partial charge in [-0.1, -0.05) is 23.8 Å². The predicted octanol–water partition coefficient (Wildman–Crippen LogP) is 3.42. The molecule has 0 spiro atoms. The first kappa shape index (κ1) is 13.9. The van der Waals surface area contributed by atoms with E-state index in [1.54, 1.807) is 6.08 Å². The summed E-state index contributed by atoms with van der Waals surface area (Å²) in [5.74, 6) is 0.0273. The number of para-hydroxylation sites is 1. The monoisotopic (exact) mass is 282 g/mol. The Balaban J connectivity index is 1.85. The van der Waals surface area contributed by atoms with Crippen molar-refractivity contribution < 1.29 is 4.79 Å². The highest BCUT2D eigenvalue weighted by Gasteiger charge is 2.23. The maximum absolute atomic E-state index is 11.9. The van der Waals surface area contributed by atoms with E-state index in [0.717, 1.165) is 24.8 Å². The van der Waals surface area contributed by atoms with Crippen LogP contribution in [0.25, 0.3) is 10.9 Å². The Labute approximate surface area is 125 Å². The van der Waals surface area contributed by atoms with E-state index in [1.165, 1.54) is 27.7 Å². The number of amides is 1. The summed E-state index contributed by atoms with van der Waals surface area (Å²) in [7, 11) is 0. The SMILES string of the molecule is CC(C)=CC(=O)N[C@H]1CCc2[nH]c3c(C)cccc3c2C1. The molecule has 1 aliphatic rings. The Hall–Kier alpha value is -2.03. The number of carbonyl (C=O) groups excluding carboxylic acids is 1. The van der Waals surface area contributed by atoms with Gasteiger partial charge in [0, 0.05) is 28.7 Å². The third kappa shape index (κ3) is 2.73. The van der Waals surface area contributed by atoms with Gasteiger partial charge in [-0.3, -0.25) is 4.79 Å². The first-order chi connectivity index (χ1) is 10.0. The number of allylic oxidation sites excluding steroid dienone is 1. The molecule has 21 heavy (non-hydrogen) atoms. The van der Waals surface area contributed by atoms with Crippen molar-refractivity contribution >= 4 is 16.8 Å². The molecule has 0 bridgehead atoms. The fourth-order valence-corrected chi connectivity index (χ4v) is 3.22. The van der Waals surface area contributed by atoms with Gasteiger partial charge in [0.2, 0.25) is 5.91 Å². The van der Waals surface area contributed by atoms with E-state index in [4.69, 9.17) is 0 Å². The van der Waals surface area contributed by atoms with Gasteiger partial charge in [-0.15, -0.1) is 0 Å². The van der Waals surface area contributed by atoms with Crippen LogP contribution in [0.5, 0.6) is 0 Å². The molecule has 0 fully saturated rings. The summed E-state index contributed by atoms with van der Waals surface area (Å²) in [6, 6.07) is 6.66. The summed E-state index contributed by atoms with van der Waals surface area (Å²) in [6.45, 7) is 6.03. The number of aromatic nitrogens is 1. The molecule has 3 rings (SSSR count). The minimum Gasteiger partial charge on any atom is -0.358 e. The van der Waals surface area contributed by atoms with Gasteiger partial charge in [-0.2, -0.15) is 0 Å². The van der Waals surface area contributed by atoms with Crippen LogP contribution in [-0.4, -0.2) is 16.9 Å². The number of nitrogens with one attached hydrogen (secondary N) is 2. The Kier molecular flexibility index (Phi) is 3.58. The summed E-state index contributed by atoms with van der Waals surface area (Å²) < 4.78 is 0. The van der Waals surface area contributed by atoms with Crippen molar-refractivity contribution in [1.82, 2.24) is 10.3 Å². The number of carbonyl (C=O) groups is 1. The highest BCUT2D eigenvalue weighted by molar-refractivity contribution is 5.89. The second-order valence-corrected chi connectivity index (χ2v) is 6.25. The zero-order valence-corrected chi connectivity index (χ0v) is 12.9. The molecule has 0 unspecified atom stereocenters. The van der Waals surface area contributed by atoms with Crippen LogP contribution in [0.15, 0.2) is 29.8 Å². The van der Waals surface area contributed by atoms with Crippen LogP contribution in [0.4, 0.5) is 0 Å². The Morgan fingerprint density at radius 3 is 2.95 bits per heavy atom. The van der Waals surface area contributed by atoms with Crippen LogP contribution in [0, 0.1) is 6.92 Å². The smallest absolute Gasteiger partial charge is 0.244 e. The zero-order chi connectivity index (χ0) is 15.0. The number of hydrogen-bond donors (Lipinski definition) is 2. The fraction of sp³-hybridized carbons (Fsp3) is 0.389. The molecule has 0 radical (unpaired) electrons. The van der Waals surface area contributed by atoms with Gasteiger partial charge >= 0.3 is 0 Å². The predicted molar refractivity (Wildman–Crippen MR) is 86.4 cm³/mol. The minimum atomic E-state index is 0.0273. The second kappa shape index (κ2) is 5.40. The van der Waals surface area contributed by atoms with E-state index in [2.05, 4.69) is 35.4 Å². The minimum absolute atomic E-state index is 0.0273. The quantitative estimate of drug-likeness (QED) is 0.815. The van der Waals surface area contributed by atoms with Crippen molar-refractivity contribution in [2.24, 2.45) is 0 Å². The maximum atomic E-state index is 11.9. The number of aromatic amines is 1. The van der Waals surface area contributed by atoms with Gasteiger partial charge in [0.25, 0.3) is 0 Å². The summed E-state index contributed by atoms with van der Waals surface area (Å²) in [5.41, 5.74) is 6.28. The number of hydrogen-bond acceptors (Lipinski definition) is 1. The van der Waals surface area contributed by atoms with Gasteiger partial charge in [-0.05, 0) is 51.2 Å². The number of rotatable bonds is 2. The Morgan fingerprint density at radius 2 is 2.19 bits per heavy atom. The van der Waals surface area contributed by atoms with E-state index >= 15 is 0 Å². The molecule has 1 aliphatic carbocycles. The van der Waals surface area contributed by atoms with Crippen LogP contribution in [-0.2, 0) is 17.6 Å². The first-order valence-electron chi connectivity index (χ1n) is 7.59. The van der Waals surface area contributed by atoms with E-state index < -0.39 is 0 Å². The van der Waals surface area contributed by atoms with Gasteiger partial charge in [0.15, 0.2) is 0 Å². The molecule has 3 nitrogen and oxygen atoms in total. The molecule has 1 amide bonds. The Morgan fingerprint density at radius 1 is 1.38 bits per heavy atom. The summed E-state index contributed by atoms with van der Waals surface area (Å²) in [4.78, 5) is 15.5. The van der Waals surface area contributed by atoms with Gasteiger partial charge < -0.3 is 10.3 Å². The highest BCUT2D eigenvalue weighted by atomic mass is 16.1. The highest BCUT2D eigenvalue weighted by Crippen LogP contribution is 2.30. The number of benzene rings is 1. The molecule has 1 heterocycles. The lowest BCUT2D eigenvalue weighted by Crippen LogP contribution is -2.37. The normalized spacial score (nSPS) is 17.4.